The van der Waals surface area contributed by atoms with Gasteiger partial charge in [0.15, 0.2) is 0 Å². The Kier molecular flexibility index (Phi) is 4.39. The molecule has 0 aromatic carbocycles. The Morgan fingerprint density at radius 3 is 2.86 bits per heavy atom. The van der Waals surface area contributed by atoms with E-state index in [9.17, 15) is 4.79 Å². The monoisotopic (exact) mass is 198 g/mol. The summed E-state index contributed by atoms with van der Waals surface area (Å²) < 4.78 is 0. The highest BCUT2D eigenvalue weighted by Crippen LogP contribution is 2.23. The molecule has 1 amide bonds. The average Bonchev–Trinajstić information content (AvgIpc) is 2.18. The zero-order valence-corrected chi connectivity index (χ0v) is 9.33. The van der Waals surface area contributed by atoms with Crippen LogP contribution in [-0.4, -0.2) is 29.9 Å². The molecule has 82 valence electrons. The zero-order valence-electron chi connectivity index (χ0n) is 9.33. The van der Waals surface area contributed by atoms with E-state index in [1.165, 1.54) is 6.42 Å². The van der Waals surface area contributed by atoms with Gasteiger partial charge in [-0.2, -0.15) is 0 Å². The third kappa shape index (κ3) is 2.71. The number of piperidine rings is 1. The first kappa shape index (κ1) is 11.5. The van der Waals surface area contributed by atoms with Crippen LogP contribution in [0.2, 0.25) is 0 Å². The number of likely N-dealkylation sites (tertiary alicyclic amines) is 1. The van der Waals surface area contributed by atoms with Crippen molar-refractivity contribution in [1.29, 1.82) is 0 Å². The fraction of sp³-hybridized carbons (Fsp3) is 0.909. The average molecular weight is 198 g/mol. The number of nitrogens with two attached hydrogens (primary N) is 1. The summed E-state index contributed by atoms with van der Waals surface area (Å²) in [4.78, 5) is 13.8. The Morgan fingerprint density at radius 2 is 2.21 bits per heavy atom. The maximum atomic E-state index is 11.8. The zero-order chi connectivity index (χ0) is 10.6. The molecule has 0 spiro atoms. The van der Waals surface area contributed by atoms with Gasteiger partial charge < -0.3 is 10.6 Å². The number of hydrogen-bond acceptors (Lipinski definition) is 2. The maximum Gasteiger partial charge on any atom is 0.222 e. The Labute approximate surface area is 86.6 Å². The molecule has 1 aliphatic rings. The summed E-state index contributed by atoms with van der Waals surface area (Å²) in [5.41, 5.74) is 5.40. The van der Waals surface area contributed by atoms with Crippen LogP contribution in [0.15, 0.2) is 0 Å². The SMILES string of the molecule is CC1CCCN(C(=O)CCCN)C1C. The van der Waals surface area contributed by atoms with Crippen LogP contribution in [0, 0.1) is 5.92 Å². The number of amides is 1. The molecule has 1 fully saturated rings. The van der Waals surface area contributed by atoms with Crippen LogP contribution in [0.25, 0.3) is 0 Å². The Hall–Kier alpha value is -0.570. The Morgan fingerprint density at radius 1 is 1.50 bits per heavy atom. The van der Waals surface area contributed by atoms with Gasteiger partial charge in [0.25, 0.3) is 0 Å². The summed E-state index contributed by atoms with van der Waals surface area (Å²) in [5.74, 6) is 0.931. The largest absolute Gasteiger partial charge is 0.340 e. The predicted molar refractivity (Wildman–Crippen MR) is 57.9 cm³/mol. The molecule has 0 radical (unpaired) electrons. The van der Waals surface area contributed by atoms with Crippen LogP contribution in [0.4, 0.5) is 0 Å². The van der Waals surface area contributed by atoms with E-state index in [4.69, 9.17) is 5.73 Å². The summed E-state index contributed by atoms with van der Waals surface area (Å²) in [7, 11) is 0. The molecule has 0 aromatic heterocycles. The first-order chi connectivity index (χ1) is 6.66. The standard InChI is InChI=1S/C11H22N2O/c1-9-5-4-8-13(10(9)2)11(14)6-3-7-12/h9-10H,3-8,12H2,1-2H3. The van der Waals surface area contributed by atoms with E-state index in [-0.39, 0.29) is 5.91 Å². The first-order valence-electron chi connectivity index (χ1n) is 5.66. The van der Waals surface area contributed by atoms with E-state index in [0.717, 1.165) is 19.4 Å². The molecule has 1 heterocycles. The molecule has 0 aromatic rings. The van der Waals surface area contributed by atoms with E-state index >= 15 is 0 Å². The quantitative estimate of drug-likeness (QED) is 0.744. The summed E-state index contributed by atoms with van der Waals surface area (Å²) in [6.07, 6.45) is 3.84. The summed E-state index contributed by atoms with van der Waals surface area (Å²) in [6.45, 7) is 5.94. The predicted octanol–water partition coefficient (Wildman–Crippen LogP) is 1.37. The van der Waals surface area contributed by atoms with Crippen LogP contribution in [0.3, 0.4) is 0 Å². The highest BCUT2D eigenvalue weighted by atomic mass is 16.2. The molecule has 1 saturated heterocycles. The van der Waals surface area contributed by atoms with Gasteiger partial charge in [-0.25, -0.2) is 0 Å². The lowest BCUT2D eigenvalue weighted by Crippen LogP contribution is -2.46. The minimum atomic E-state index is 0.287. The molecule has 1 aliphatic heterocycles. The fourth-order valence-corrected chi connectivity index (χ4v) is 2.08. The van der Waals surface area contributed by atoms with E-state index < -0.39 is 0 Å². The summed E-state index contributed by atoms with van der Waals surface area (Å²) in [6, 6.07) is 0.411. The topological polar surface area (TPSA) is 46.3 Å². The van der Waals surface area contributed by atoms with Gasteiger partial charge in [0.1, 0.15) is 0 Å². The van der Waals surface area contributed by atoms with Crippen molar-refractivity contribution in [1.82, 2.24) is 4.90 Å². The van der Waals surface area contributed by atoms with Crippen molar-refractivity contribution >= 4 is 5.91 Å². The van der Waals surface area contributed by atoms with E-state index in [1.54, 1.807) is 0 Å². The van der Waals surface area contributed by atoms with Crippen molar-refractivity contribution in [3.63, 3.8) is 0 Å². The number of carbonyl (C=O) groups excluding carboxylic acids is 1. The van der Waals surface area contributed by atoms with Crippen molar-refractivity contribution < 1.29 is 4.79 Å². The molecular formula is C11H22N2O. The maximum absolute atomic E-state index is 11.8. The fourth-order valence-electron chi connectivity index (χ4n) is 2.08. The number of carbonyl (C=O) groups is 1. The molecule has 2 atom stereocenters. The molecule has 1 rings (SSSR count). The second-order valence-electron chi connectivity index (χ2n) is 4.34. The van der Waals surface area contributed by atoms with Gasteiger partial charge in [-0.05, 0) is 38.6 Å². The van der Waals surface area contributed by atoms with Crippen LogP contribution >= 0.6 is 0 Å². The van der Waals surface area contributed by atoms with Crippen molar-refractivity contribution in [2.45, 2.75) is 45.6 Å². The molecule has 2 N–H and O–H groups in total. The van der Waals surface area contributed by atoms with Gasteiger partial charge in [-0.1, -0.05) is 6.92 Å². The normalized spacial score (nSPS) is 27.8. The third-order valence-electron chi connectivity index (χ3n) is 3.29. The highest BCUT2D eigenvalue weighted by Gasteiger charge is 2.27. The number of nitrogens with zero attached hydrogens (tertiary/aromatic N) is 1. The van der Waals surface area contributed by atoms with Crippen LogP contribution in [0.5, 0.6) is 0 Å². The van der Waals surface area contributed by atoms with Crippen LogP contribution in [0.1, 0.15) is 39.5 Å². The molecule has 0 saturated carbocycles. The molecule has 0 bridgehead atoms. The summed E-state index contributed by atoms with van der Waals surface area (Å²) >= 11 is 0. The van der Waals surface area contributed by atoms with Gasteiger partial charge in [-0.15, -0.1) is 0 Å². The minimum Gasteiger partial charge on any atom is -0.340 e. The molecule has 0 aliphatic carbocycles. The van der Waals surface area contributed by atoms with Gasteiger partial charge in [-0.3, -0.25) is 4.79 Å². The van der Waals surface area contributed by atoms with Crippen molar-refractivity contribution in [3.05, 3.63) is 0 Å². The second kappa shape index (κ2) is 5.35. The van der Waals surface area contributed by atoms with Crippen molar-refractivity contribution in [2.24, 2.45) is 11.7 Å². The number of hydrogen-bond donors (Lipinski definition) is 1. The van der Waals surface area contributed by atoms with Gasteiger partial charge in [0, 0.05) is 19.0 Å². The van der Waals surface area contributed by atoms with Crippen LogP contribution in [-0.2, 0) is 4.79 Å². The summed E-state index contributed by atoms with van der Waals surface area (Å²) in [5, 5.41) is 0. The highest BCUT2D eigenvalue weighted by molar-refractivity contribution is 5.76. The molecular weight excluding hydrogens is 176 g/mol. The van der Waals surface area contributed by atoms with Gasteiger partial charge in [0.05, 0.1) is 0 Å². The van der Waals surface area contributed by atoms with Crippen molar-refractivity contribution in [3.8, 4) is 0 Å². The van der Waals surface area contributed by atoms with Crippen molar-refractivity contribution in [2.75, 3.05) is 13.1 Å². The van der Waals surface area contributed by atoms with E-state index in [2.05, 4.69) is 13.8 Å². The van der Waals surface area contributed by atoms with E-state index in [0.29, 0.717) is 24.9 Å². The first-order valence-corrected chi connectivity index (χ1v) is 5.66. The molecule has 2 unspecified atom stereocenters. The lowest BCUT2D eigenvalue weighted by atomic mass is 9.92. The Balaban J connectivity index is 2.44. The smallest absolute Gasteiger partial charge is 0.222 e. The lowest BCUT2D eigenvalue weighted by Gasteiger charge is -2.38. The van der Waals surface area contributed by atoms with E-state index in [1.807, 2.05) is 4.90 Å². The molecule has 14 heavy (non-hydrogen) atoms. The molecule has 3 heteroatoms. The second-order valence-corrected chi connectivity index (χ2v) is 4.34. The van der Waals surface area contributed by atoms with Crippen LogP contribution < -0.4 is 5.73 Å². The number of rotatable bonds is 3. The van der Waals surface area contributed by atoms with Gasteiger partial charge in [0.2, 0.25) is 5.91 Å². The Bertz CT molecular complexity index is 194. The van der Waals surface area contributed by atoms with Gasteiger partial charge >= 0.3 is 0 Å². The molecule has 3 nitrogen and oxygen atoms in total. The minimum absolute atomic E-state index is 0.287. The third-order valence-corrected chi connectivity index (χ3v) is 3.29. The lowest BCUT2D eigenvalue weighted by molar-refractivity contribution is -0.135.